The Bertz CT molecular complexity index is 432. The fourth-order valence-corrected chi connectivity index (χ4v) is 2.32. The third-order valence-corrected chi connectivity index (χ3v) is 3.86. The number of nitrogens with one attached hydrogen (secondary N) is 1. The van der Waals surface area contributed by atoms with E-state index in [-0.39, 0.29) is 16.8 Å². The number of para-hydroxylation sites is 1. The van der Waals surface area contributed by atoms with Crippen LogP contribution in [0.3, 0.4) is 0 Å². The van der Waals surface area contributed by atoms with E-state index in [9.17, 15) is 13.2 Å². The van der Waals surface area contributed by atoms with Gasteiger partial charge in [0.15, 0.2) is 0 Å². The highest BCUT2D eigenvalue weighted by Crippen LogP contribution is 2.39. The first-order chi connectivity index (χ1) is 9.29. The molecule has 1 N–H and O–H groups in total. The smallest absolute Gasteiger partial charge is 0.381 e. The molecule has 5 heteroatoms. The van der Waals surface area contributed by atoms with Gasteiger partial charge in [0.1, 0.15) is 0 Å². The first-order valence-electron chi connectivity index (χ1n) is 6.91. The van der Waals surface area contributed by atoms with Gasteiger partial charge >= 0.3 is 6.18 Å². The summed E-state index contributed by atoms with van der Waals surface area (Å²) in [7, 11) is 0. The standard InChI is InChI=1S/C15H21ClF3N/c1-4-10(3)9-11(5-2)20-14-12(15(17,18)19)7-6-8-13(14)16/h6-8,10-11,20H,4-5,9H2,1-3H3. The van der Waals surface area contributed by atoms with Crippen molar-refractivity contribution in [2.75, 3.05) is 5.32 Å². The molecule has 0 spiro atoms. The van der Waals surface area contributed by atoms with Crippen LogP contribution in [0.4, 0.5) is 18.9 Å². The molecule has 0 aliphatic heterocycles. The van der Waals surface area contributed by atoms with Gasteiger partial charge in [-0.2, -0.15) is 13.2 Å². The molecule has 0 saturated heterocycles. The molecule has 20 heavy (non-hydrogen) atoms. The largest absolute Gasteiger partial charge is 0.418 e. The molecule has 0 aliphatic carbocycles. The Balaban J connectivity index is 3.00. The highest BCUT2D eigenvalue weighted by molar-refractivity contribution is 6.33. The molecule has 1 rings (SSSR count). The number of hydrogen-bond acceptors (Lipinski definition) is 1. The van der Waals surface area contributed by atoms with Crippen LogP contribution in [-0.2, 0) is 6.18 Å². The second kappa shape index (κ2) is 7.21. The van der Waals surface area contributed by atoms with Crippen LogP contribution in [0.1, 0.15) is 45.6 Å². The molecule has 0 radical (unpaired) electrons. The van der Waals surface area contributed by atoms with Crippen molar-refractivity contribution in [2.45, 2.75) is 52.3 Å². The molecule has 0 bridgehead atoms. The molecule has 114 valence electrons. The maximum absolute atomic E-state index is 13.0. The summed E-state index contributed by atoms with van der Waals surface area (Å²) in [5.74, 6) is 0.462. The number of anilines is 1. The lowest BCUT2D eigenvalue weighted by Crippen LogP contribution is -2.23. The SMILES string of the molecule is CCC(C)CC(CC)Nc1c(Cl)cccc1C(F)(F)F. The zero-order valence-electron chi connectivity index (χ0n) is 12.0. The Morgan fingerprint density at radius 3 is 2.35 bits per heavy atom. The average molecular weight is 308 g/mol. The molecule has 0 heterocycles. The Kier molecular flexibility index (Phi) is 6.18. The predicted molar refractivity (Wildman–Crippen MR) is 78.2 cm³/mol. The fraction of sp³-hybridized carbons (Fsp3) is 0.600. The second-order valence-corrected chi connectivity index (χ2v) is 5.57. The van der Waals surface area contributed by atoms with Crippen LogP contribution < -0.4 is 5.32 Å². The Hall–Kier alpha value is -0.900. The number of halogens is 4. The van der Waals surface area contributed by atoms with Gasteiger partial charge in [0.25, 0.3) is 0 Å². The van der Waals surface area contributed by atoms with Crippen molar-refractivity contribution in [3.63, 3.8) is 0 Å². The second-order valence-electron chi connectivity index (χ2n) is 5.16. The lowest BCUT2D eigenvalue weighted by atomic mass is 9.97. The molecule has 2 unspecified atom stereocenters. The summed E-state index contributed by atoms with van der Waals surface area (Å²) in [6, 6.07) is 3.86. The maximum Gasteiger partial charge on any atom is 0.418 e. The molecular formula is C15H21ClF3N. The van der Waals surface area contributed by atoms with Gasteiger partial charge in [-0.05, 0) is 30.9 Å². The van der Waals surface area contributed by atoms with Crippen molar-refractivity contribution >= 4 is 17.3 Å². The van der Waals surface area contributed by atoms with E-state index in [1.165, 1.54) is 12.1 Å². The van der Waals surface area contributed by atoms with Crippen molar-refractivity contribution in [1.29, 1.82) is 0 Å². The lowest BCUT2D eigenvalue weighted by Gasteiger charge is -2.24. The molecular weight excluding hydrogens is 287 g/mol. The monoisotopic (exact) mass is 307 g/mol. The van der Waals surface area contributed by atoms with E-state index in [4.69, 9.17) is 11.6 Å². The quantitative estimate of drug-likeness (QED) is 0.681. The number of rotatable bonds is 6. The van der Waals surface area contributed by atoms with E-state index in [1.807, 2.05) is 6.92 Å². The van der Waals surface area contributed by atoms with Gasteiger partial charge < -0.3 is 5.32 Å². The van der Waals surface area contributed by atoms with Crippen molar-refractivity contribution < 1.29 is 13.2 Å². The molecule has 1 aromatic carbocycles. The number of hydrogen-bond donors (Lipinski definition) is 1. The summed E-state index contributed by atoms with van der Waals surface area (Å²) in [6.45, 7) is 6.14. The first-order valence-corrected chi connectivity index (χ1v) is 7.29. The first kappa shape index (κ1) is 17.2. The van der Waals surface area contributed by atoms with Crippen LogP contribution >= 0.6 is 11.6 Å². The molecule has 0 aliphatic rings. The summed E-state index contributed by atoms with van der Waals surface area (Å²) in [4.78, 5) is 0. The summed E-state index contributed by atoms with van der Waals surface area (Å²) < 4.78 is 39.0. The van der Waals surface area contributed by atoms with E-state index >= 15 is 0 Å². The Morgan fingerprint density at radius 2 is 1.85 bits per heavy atom. The highest BCUT2D eigenvalue weighted by atomic mass is 35.5. The number of benzene rings is 1. The van der Waals surface area contributed by atoms with E-state index < -0.39 is 11.7 Å². The van der Waals surface area contributed by atoms with Crippen molar-refractivity contribution in [1.82, 2.24) is 0 Å². The van der Waals surface area contributed by atoms with E-state index in [0.717, 1.165) is 25.3 Å². The van der Waals surface area contributed by atoms with Gasteiger partial charge in [-0.15, -0.1) is 0 Å². The van der Waals surface area contributed by atoms with Crippen LogP contribution in [0.15, 0.2) is 18.2 Å². The minimum absolute atomic E-state index is 0.00294. The lowest BCUT2D eigenvalue weighted by molar-refractivity contribution is -0.137. The highest BCUT2D eigenvalue weighted by Gasteiger charge is 2.34. The topological polar surface area (TPSA) is 12.0 Å². The minimum Gasteiger partial charge on any atom is -0.381 e. The molecule has 2 atom stereocenters. The third kappa shape index (κ3) is 4.58. The summed E-state index contributed by atoms with van der Waals surface area (Å²) in [5.41, 5.74) is -0.704. The third-order valence-electron chi connectivity index (χ3n) is 3.54. The Labute approximate surface area is 123 Å². The van der Waals surface area contributed by atoms with E-state index in [2.05, 4.69) is 19.2 Å². The molecule has 1 aromatic rings. The number of alkyl halides is 3. The summed E-state index contributed by atoms with van der Waals surface area (Å²) >= 11 is 5.94. The van der Waals surface area contributed by atoms with Crippen molar-refractivity contribution in [3.8, 4) is 0 Å². The van der Waals surface area contributed by atoms with Gasteiger partial charge in [-0.1, -0.05) is 44.9 Å². The van der Waals surface area contributed by atoms with Crippen LogP contribution in [0, 0.1) is 5.92 Å². The van der Waals surface area contributed by atoms with Crippen molar-refractivity contribution in [3.05, 3.63) is 28.8 Å². The molecule has 1 nitrogen and oxygen atoms in total. The van der Waals surface area contributed by atoms with Crippen LogP contribution in [0.2, 0.25) is 5.02 Å². The van der Waals surface area contributed by atoms with Crippen LogP contribution in [0.5, 0.6) is 0 Å². The van der Waals surface area contributed by atoms with E-state index in [1.54, 1.807) is 0 Å². The molecule has 0 saturated carbocycles. The normalized spacial score (nSPS) is 14.9. The summed E-state index contributed by atoms with van der Waals surface area (Å²) in [5, 5.41) is 3.10. The zero-order chi connectivity index (χ0) is 15.3. The summed E-state index contributed by atoms with van der Waals surface area (Å²) in [6.07, 6.45) is -1.81. The van der Waals surface area contributed by atoms with Crippen molar-refractivity contribution in [2.24, 2.45) is 5.92 Å². The van der Waals surface area contributed by atoms with Gasteiger partial charge in [-0.3, -0.25) is 0 Å². The molecule has 0 aromatic heterocycles. The maximum atomic E-state index is 13.0. The van der Waals surface area contributed by atoms with Gasteiger partial charge in [0.05, 0.1) is 16.3 Å². The molecule has 0 fully saturated rings. The van der Waals surface area contributed by atoms with E-state index in [0.29, 0.717) is 5.92 Å². The molecule has 0 amide bonds. The fourth-order valence-electron chi connectivity index (χ4n) is 2.09. The van der Waals surface area contributed by atoms with Gasteiger partial charge in [-0.25, -0.2) is 0 Å². The predicted octanol–water partition coefficient (Wildman–Crippen LogP) is 5.99. The van der Waals surface area contributed by atoms with Crippen LogP contribution in [-0.4, -0.2) is 6.04 Å². The average Bonchev–Trinajstić information content (AvgIpc) is 2.38. The zero-order valence-corrected chi connectivity index (χ0v) is 12.8. The van der Waals surface area contributed by atoms with Gasteiger partial charge in [0.2, 0.25) is 0 Å². The minimum atomic E-state index is -4.40. The Morgan fingerprint density at radius 1 is 1.20 bits per heavy atom. The van der Waals surface area contributed by atoms with Gasteiger partial charge in [0, 0.05) is 6.04 Å². The van der Waals surface area contributed by atoms with Crippen LogP contribution in [0.25, 0.3) is 0 Å².